The Morgan fingerprint density at radius 3 is 3.18 bits per heavy atom. The molecule has 0 saturated carbocycles. The number of rotatable bonds is 2. The van der Waals surface area contributed by atoms with Gasteiger partial charge in [0.1, 0.15) is 0 Å². The zero-order chi connectivity index (χ0) is 11.8. The topological polar surface area (TPSA) is 79.4 Å². The number of hydrogen-bond donors (Lipinski definition) is 1. The van der Waals surface area contributed by atoms with Crippen LogP contribution in [0.4, 0.5) is 5.82 Å². The molecule has 0 amide bonds. The van der Waals surface area contributed by atoms with Gasteiger partial charge < -0.3 is 10.0 Å². The van der Waals surface area contributed by atoms with E-state index in [9.17, 15) is 5.11 Å². The van der Waals surface area contributed by atoms with Crippen LogP contribution in [0.3, 0.4) is 0 Å². The standard InChI is InChI=1S/C10H14N6O/c1-7-4-5-15(8(7)6-17)10-3-2-9-11-13-14-16(9)12-10/h2-3,7-8,17H,4-6H2,1H3. The Morgan fingerprint density at radius 1 is 1.47 bits per heavy atom. The number of aliphatic hydroxyl groups is 1. The highest BCUT2D eigenvalue weighted by atomic mass is 16.3. The second-order valence-electron chi connectivity index (χ2n) is 4.43. The molecule has 0 aliphatic carbocycles. The van der Waals surface area contributed by atoms with Crippen molar-refractivity contribution < 1.29 is 5.11 Å². The largest absolute Gasteiger partial charge is 0.394 e. The van der Waals surface area contributed by atoms with Crippen LogP contribution in [0.1, 0.15) is 13.3 Å². The first-order valence-electron chi connectivity index (χ1n) is 5.72. The molecule has 0 aromatic carbocycles. The number of tetrazole rings is 1. The quantitative estimate of drug-likeness (QED) is 0.770. The maximum absolute atomic E-state index is 9.42. The monoisotopic (exact) mass is 234 g/mol. The molecule has 0 spiro atoms. The van der Waals surface area contributed by atoms with Crippen molar-refractivity contribution in [1.82, 2.24) is 25.3 Å². The fourth-order valence-electron chi connectivity index (χ4n) is 2.36. The molecule has 0 radical (unpaired) electrons. The number of fused-ring (bicyclic) bond motifs is 1. The normalized spacial score (nSPS) is 24.7. The molecule has 7 nitrogen and oxygen atoms in total. The molecule has 7 heteroatoms. The van der Waals surface area contributed by atoms with Crippen LogP contribution >= 0.6 is 0 Å². The van der Waals surface area contributed by atoms with Crippen molar-refractivity contribution >= 4 is 11.5 Å². The van der Waals surface area contributed by atoms with E-state index in [1.54, 1.807) is 0 Å². The molecule has 17 heavy (non-hydrogen) atoms. The summed E-state index contributed by atoms with van der Waals surface area (Å²) >= 11 is 0. The molecule has 2 atom stereocenters. The summed E-state index contributed by atoms with van der Waals surface area (Å²) in [6, 6.07) is 3.86. The van der Waals surface area contributed by atoms with Crippen molar-refractivity contribution in [3.63, 3.8) is 0 Å². The van der Waals surface area contributed by atoms with Gasteiger partial charge in [0.25, 0.3) is 0 Å². The van der Waals surface area contributed by atoms with Crippen LogP contribution < -0.4 is 4.90 Å². The van der Waals surface area contributed by atoms with E-state index in [-0.39, 0.29) is 12.6 Å². The van der Waals surface area contributed by atoms with E-state index in [1.807, 2.05) is 12.1 Å². The Hall–Kier alpha value is -1.76. The van der Waals surface area contributed by atoms with Crippen LogP contribution in [0.2, 0.25) is 0 Å². The Kier molecular flexibility index (Phi) is 2.40. The molecule has 1 fully saturated rings. The van der Waals surface area contributed by atoms with Crippen LogP contribution in [0, 0.1) is 5.92 Å². The summed E-state index contributed by atoms with van der Waals surface area (Å²) in [4.78, 5) is 2.12. The molecule has 1 N–H and O–H groups in total. The summed E-state index contributed by atoms with van der Waals surface area (Å²) in [6.45, 7) is 3.21. The zero-order valence-corrected chi connectivity index (χ0v) is 9.56. The van der Waals surface area contributed by atoms with Crippen molar-refractivity contribution in [3.05, 3.63) is 12.1 Å². The summed E-state index contributed by atoms with van der Waals surface area (Å²) in [5.74, 6) is 1.29. The maximum Gasteiger partial charge on any atom is 0.200 e. The lowest BCUT2D eigenvalue weighted by atomic mass is 10.0. The minimum Gasteiger partial charge on any atom is -0.394 e. The van der Waals surface area contributed by atoms with Gasteiger partial charge in [0.15, 0.2) is 11.5 Å². The molecule has 90 valence electrons. The Morgan fingerprint density at radius 2 is 2.35 bits per heavy atom. The number of anilines is 1. The number of hydrogen-bond acceptors (Lipinski definition) is 6. The first kappa shape index (κ1) is 10.4. The fraction of sp³-hybridized carbons (Fsp3) is 0.600. The third-order valence-electron chi connectivity index (χ3n) is 3.42. The fourth-order valence-corrected chi connectivity index (χ4v) is 2.36. The average molecular weight is 234 g/mol. The van der Waals surface area contributed by atoms with E-state index >= 15 is 0 Å². The van der Waals surface area contributed by atoms with Gasteiger partial charge in [-0.05, 0) is 34.9 Å². The lowest BCUT2D eigenvalue weighted by Gasteiger charge is -2.25. The lowest BCUT2D eigenvalue weighted by Crippen LogP contribution is -2.36. The summed E-state index contributed by atoms with van der Waals surface area (Å²) in [6.07, 6.45) is 1.07. The van der Waals surface area contributed by atoms with Crippen molar-refractivity contribution in [2.24, 2.45) is 5.92 Å². The van der Waals surface area contributed by atoms with Crippen LogP contribution in [0.5, 0.6) is 0 Å². The van der Waals surface area contributed by atoms with E-state index in [0.29, 0.717) is 11.6 Å². The number of nitrogens with zero attached hydrogens (tertiary/aromatic N) is 6. The molecule has 3 heterocycles. The molecule has 3 rings (SSSR count). The van der Waals surface area contributed by atoms with Gasteiger partial charge in [0, 0.05) is 6.54 Å². The van der Waals surface area contributed by atoms with Gasteiger partial charge in [-0.3, -0.25) is 0 Å². The second-order valence-corrected chi connectivity index (χ2v) is 4.43. The zero-order valence-electron chi connectivity index (χ0n) is 9.56. The highest BCUT2D eigenvalue weighted by Crippen LogP contribution is 2.27. The maximum atomic E-state index is 9.42. The van der Waals surface area contributed by atoms with Crippen LogP contribution in [0.15, 0.2) is 12.1 Å². The minimum atomic E-state index is 0.136. The smallest absolute Gasteiger partial charge is 0.200 e. The lowest BCUT2D eigenvalue weighted by molar-refractivity contribution is 0.244. The van der Waals surface area contributed by atoms with Crippen molar-refractivity contribution in [1.29, 1.82) is 0 Å². The first-order valence-corrected chi connectivity index (χ1v) is 5.72. The van der Waals surface area contributed by atoms with E-state index in [0.717, 1.165) is 18.8 Å². The molecule has 1 aliphatic heterocycles. The number of aliphatic hydroxyl groups excluding tert-OH is 1. The molecular formula is C10H14N6O. The molecule has 1 aliphatic rings. The van der Waals surface area contributed by atoms with Gasteiger partial charge in [0.05, 0.1) is 12.6 Å². The van der Waals surface area contributed by atoms with Gasteiger partial charge in [-0.1, -0.05) is 6.92 Å². The van der Waals surface area contributed by atoms with Crippen LogP contribution in [-0.2, 0) is 0 Å². The van der Waals surface area contributed by atoms with Crippen LogP contribution in [-0.4, -0.2) is 49.6 Å². The molecule has 1 saturated heterocycles. The number of aromatic nitrogens is 5. The van der Waals surface area contributed by atoms with Crippen LogP contribution in [0.25, 0.3) is 5.65 Å². The van der Waals surface area contributed by atoms with E-state index < -0.39 is 0 Å². The minimum absolute atomic E-state index is 0.136. The van der Waals surface area contributed by atoms with E-state index in [4.69, 9.17) is 0 Å². The second kappa shape index (κ2) is 3.92. The van der Waals surface area contributed by atoms with Gasteiger partial charge in [-0.25, -0.2) is 0 Å². The third kappa shape index (κ3) is 1.62. The summed E-state index contributed by atoms with van der Waals surface area (Å²) in [5, 5.41) is 24.9. The highest BCUT2D eigenvalue weighted by molar-refractivity contribution is 5.46. The predicted molar refractivity (Wildman–Crippen MR) is 60.6 cm³/mol. The first-order chi connectivity index (χ1) is 8.29. The van der Waals surface area contributed by atoms with Gasteiger partial charge >= 0.3 is 0 Å². The van der Waals surface area contributed by atoms with E-state index in [2.05, 4.69) is 32.4 Å². The van der Waals surface area contributed by atoms with Crippen molar-refractivity contribution in [2.45, 2.75) is 19.4 Å². The van der Waals surface area contributed by atoms with Gasteiger partial charge in [-0.15, -0.1) is 14.8 Å². The Bertz CT molecular complexity index is 526. The van der Waals surface area contributed by atoms with Gasteiger partial charge in [0.2, 0.25) is 0 Å². The predicted octanol–water partition coefficient (Wildman–Crippen LogP) is -0.274. The molecule has 2 aromatic rings. The summed E-state index contributed by atoms with van der Waals surface area (Å²) in [5.41, 5.74) is 0.626. The molecule has 0 bridgehead atoms. The SMILES string of the molecule is CC1CCN(c2ccc3nnnn3n2)C1CO. The van der Waals surface area contributed by atoms with Gasteiger partial charge in [-0.2, -0.15) is 0 Å². The van der Waals surface area contributed by atoms with Crippen molar-refractivity contribution in [2.75, 3.05) is 18.1 Å². The average Bonchev–Trinajstić information content (AvgIpc) is 2.93. The summed E-state index contributed by atoms with van der Waals surface area (Å²) < 4.78 is 1.41. The van der Waals surface area contributed by atoms with E-state index in [1.165, 1.54) is 4.63 Å². The molecular weight excluding hydrogens is 220 g/mol. The Labute approximate surface area is 98.0 Å². The third-order valence-corrected chi connectivity index (χ3v) is 3.42. The Balaban J connectivity index is 1.97. The van der Waals surface area contributed by atoms with Crippen molar-refractivity contribution in [3.8, 4) is 0 Å². The highest BCUT2D eigenvalue weighted by Gasteiger charge is 2.31. The summed E-state index contributed by atoms with van der Waals surface area (Å²) in [7, 11) is 0. The molecule has 2 unspecified atom stereocenters. The molecule has 2 aromatic heterocycles.